The molecule has 2 fully saturated rings. The number of rotatable bonds is 5. The van der Waals surface area contributed by atoms with Crippen molar-refractivity contribution in [1.29, 1.82) is 0 Å². The molecule has 3 atom stereocenters. The average Bonchev–Trinajstić information content (AvgIpc) is 2.63. The summed E-state index contributed by atoms with van der Waals surface area (Å²) in [7, 11) is 0. The molecule has 1 aromatic carbocycles. The summed E-state index contributed by atoms with van der Waals surface area (Å²) in [4.78, 5) is 15.3. The van der Waals surface area contributed by atoms with Crippen LogP contribution in [0.3, 0.4) is 0 Å². The predicted octanol–water partition coefficient (Wildman–Crippen LogP) is 2.39. The minimum absolute atomic E-state index is 0.0837. The summed E-state index contributed by atoms with van der Waals surface area (Å²) in [5, 5.41) is 3.22. The summed E-state index contributed by atoms with van der Waals surface area (Å²) >= 11 is 0. The normalized spacial score (nSPS) is 28.5. The molecule has 1 aliphatic carbocycles. The zero-order valence-electron chi connectivity index (χ0n) is 16.2. The Morgan fingerprint density at radius 3 is 2.65 bits per heavy atom. The van der Waals surface area contributed by atoms with Crippen LogP contribution in [-0.4, -0.2) is 49.2 Å². The van der Waals surface area contributed by atoms with Crippen molar-refractivity contribution in [2.45, 2.75) is 51.1 Å². The van der Waals surface area contributed by atoms with Gasteiger partial charge in [-0.1, -0.05) is 42.7 Å². The molecule has 5 heteroatoms. The van der Waals surface area contributed by atoms with Crippen molar-refractivity contribution in [2.75, 3.05) is 32.8 Å². The van der Waals surface area contributed by atoms with Gasteiger partial charge in [0.05, 0.1) is 25.2 Å². The Hall–Kier alpha value is -1.43. The highest BCUT2D eigenvalue weighted by Gasteiger charge is 2.38. The molecular formula is C21H33N3O2. The lowest BCUT2D eigenvalue weighted by atomic mass is 9.74. The molecule has 3 N–H and O–H groups in total. The van der Waals surface area contributed by atoms with Gasteiger partial charge in [-0.2, -0.15) is 0 Å². The van der Waals surface area contributed by atoms with Gasteiger partial charge in [0.25, 0.3) is 0 Å². The Morgan fingerprint density at radius 2 is 2.00 bits per heavy atom. The minimum Gasteiger partial charge on any atom is -0.379 e. The number of ether oxygens (including phenoxy) is 1. The number of hydrogen-bond donors (Lipinski definition) is 2. The lowest BCUT2D eigenvalue weighted by Gasteiger charge is -2.38. The quantitative estimate of drug-likeness (QED) is 0.847. The molecule has 1 aliphatic heterocycles. The fourth-order valence-corrected chi connectivity index (χ4v) is 4.24. The molecule has 144 valence electrons. The topological polar surface area (TPSA) is 67.6 Å². The zero-order chi connectivity index (χ0) is 18.6. The van der Waals surface area contributed by atoms with E-state index in [1.807, 2.05) is 6.92 Å². The third-order valence-electron chi connectivity index (χ3n) is 5.99. The summed E-state index contributed by atoms with van der Waals surface area (Å²) in [6, 6.07) is 8.81. The first kappa shape index (κ1) is 19.3. The number of aryl methyl sites for hydroxylation is 1. The van der Waals surface area contributed by atoms with Crippen LogP contribution in [0.5, 0.6) is 0 Å². The van der Waals surface area contributed by atoms with Gasteiger partial charge < -0.3 is 15.8 Å². The Labute approximate surface area is 157 Å². The molecule has 5 nitrogen and oxygen atoms in total. The molecular weight excluding hydrogens is 326 g/mol. The number of nitrogens with two attached hydrogens (primary N) is 1. The Kier molecular flexibility index (Phi) is 6.33. The van der Waals surface area contributed by atoms with Crippen LogP contribution in [0.25, 0.3) is 0 Å². The van der Waals surface area contributed by atoms with Crippen LogP contribution in [0.4, 0.5) is 0 Å². The lowest BCUT2D eigenvalue weighted by Crippen LogP contribution is -2.54. The standard InChI is InChI=1S/C21H33N3O2/c1-16-6-8-17(9-7-16)19(24-11-13-26-14-12-24)15-23-20(25)18-5-3-4-10-21(18,2)22/h6-9,18-19H,3-5,10-15,22H2,1-2H3,(H,23,25). The van der Waals surface area contributed by atoms with Crippen LogP contribution in [0, 0.1) is 12.8 Å². The number of benzene rings is 1. The molecule has 0 bridgehead atoms. The molecule has 3 rings (SSSR count). The number of carbonyl (C=O) groups excluding carboxylic acids is 1. The summed E-state index contributed by atoms with van der Waals surface area (Å²) in [5.74, 6) is 0.0275. The van der Waals surface area contributed by atoms with E-state index in [2.05, 4.69) is 41.4 Å². The first-order chi connectivity index (χ1) is 12.5. The maximum atomic E-state index is 12.9. The molecule has 2 aliphatic rings. The average molecular weight is 360 g/mol. The van der Waals surface area contributed by atoms with Crippen molar-refractivity contribution in [3.8, 4) is 0 Å². The molecule has 0 spiro atoms. The van der Waals surface area contributed by atoms with Gasteiger partial charge >= 0.3 is 0 Å². The number of nitrogens with zero attached hydrogens (tertiary/aromatic N) is 1. The van der Waals surface area contributed by atoms with Crippen LogP contribution in [0.2, 0.25) is 0 Å². The second kappa shape index (κ2) is 8.51. The van der Waals surface area contributed by atoms with Crippen molar-refractivity contribution >= 4 is 5.91 Å². The monoisotopic (exact) mass is 359 g/mol. The molecule has 1 saturated heterocycles. The van der Waals surface area contributed by atoms with Crippen LogP contribution in [-0.2, 0) is 9.53 Å². The second-order valence-electron chi connectivity index (χ2n) is 8.12. The van der Waals surface area contributed by atoms with Crippen molar-refractivity contribution < 1.29 is 9.53 Å². The zero-order valence-corrected chi connectivity index (χ0v) is 16.2. The number of amides is 1. The van der Waals surface area contributed by atoms with E-state index in [0.717, 1.165) is 52.0 Å². The van der Waals surface area contributed by atoms with Crippen LogP contribution in [0.15, 0.2) is 24.3 Å². The smallest absolute Gasteiger partial charge is 0.225 e. The molecule has 26 heavy (non-hydrogen) atoms. The van der Waals surface area contributed by atoms with E-state index in [9.17, 15) is 4.79 Å². The number of morpholine rings is 1. The number of nitrogens with one attached hydrogen (secondary N) is 1. The number of hydrogen-bond acceptors (Lipinski definition) is 4. The van der Waals surface area contributed by atoms with Crippen LogP contribution in [0.1, 0.15) is 49.8 Å². The van der Waals surface area contributed by atoms with Gasteiger partial charge in [-0.05, 0) is 32.3 Å². The Bertz CT molecular complexity index is 594. The van der Waals surface area contributed by atoms with Crippen molar-refractivity contribution in [3.05, 3.63) is 35.4 Å². The lowest BCUT2D eigenvalue weighted by molar-refractivity contribution is -0.128. The predicted molar refractivity (Wildman–Crippen MR) is 104 cm³/mol. The highest BCUT2D eigenvalue weighted by molar-refractivity contribution is 5.80. The van der Waals surface area contributed by atoms with E-state index in [0.29, 0.717) is 6.54 Å². The largest absolute Gasteiger partial charge is 0.379 e. The van der Waals surface area contributed by atoms with Gasteiger partial charge in [0.2, 0.25) is 5.91 Å². The maximum absolute atomic E-state index is 12.9. The van der Waals surface area contributed by atoms with E-state index >= 15 is 0 Å². The van der Waals surface area contributed by atoms with E-state index in [1.165, 1.54) is 11.1 Å². The van der Waals surface area contributed by atoms with Gasteiger partial charge in [-0.25, -0.2) is 0 Å². The molecule has 0 radical (unpaired) electrons. The summed E-state index contributed by atoms with van der Waals surface area (Å²) in [6.45, 7) is 8.03. The fraction of sp³-hybridized carbons (Fsp3) is 0.667. The van der Waals surface area contributed by atoms with Gasteiger partial charge in [0.1, 0.15) is 0 Å². The fourth-order valence-electron chi connectivity index (χ4n) is 4.24. The Morgan fingerprint density at radius 1 is 1.31 bits per heavy atom. The third kappa shape index (κ3) is 4.64. The molecule has 1 saturated carbocycles. The van der Waals surface area contributed by atoms with Gasteiger partial charge in [0, 0.05) is 25.2 Å². The van der Waals surface area contributed by atoms with Crippen molar-refractivity contribution in [2.24, 2.45) is 11.7 Å². The highest BCUT2D eigenvalue weighted by Crippen LogP contribution is 2.32. The third-order valence-corrected chi connectivity index (χ3v) is 5.99. The molecule has 3 unspecified atom stereocenters. The molecule has 1 heterocycles. The first-order valence-electron chi connectivity index (χ1n) is 9.92. The summed E-state index contributed by atoms with van der Waals surface area (Å²) in [5.41, 5.74) is 8.52. The van der Waals surface area contributed by atoms with E-state index in [1.54, 1.807) is 0 Å². The summed E-state index contributed by atoms with van der Waals surface area (Å²) < 4.78 is 5.51. The van der Waals surface area contributed by atoms with E-state index < -0.39 is 0 Å². The highest BCUT2D eigenvalue weighted by atomic mass is 16.5. The minimum atomic E-state index is -0.388. The molecule has 1 amide bonds. The van der Waals surface area contributed by atoms with Crippen molar-refractivity contribution in [1.82, 2.24) is 10.2 Å². The van der Waals surface area contributed by atoms with Crippen LogP contribution < -0.4 is 11.1 Å². The van der Waals surface area contributed by atoms with Gasteiger partial charge in [-0.15, -0.1) is 0 Å². The first-order valence-corrected chi connectivity index (χ1v) is 9.92. The maximum Gasteiger partial charge on any atom is 0.225 e. The van der Waals surface area contributed by atoms with Crippen LogP contribution >= 0.6 is 0 Å². The second-order valence-corrected chi connectivity index (χ2v) is 8.12. The Balaban J connectivity index is 1.69. The number of carbonyl (C=O) groups is 1. The molecule has 0 aromatic heterocycles. The van der Waals surface area contributed by atoms with E-state index in [4.69, 9.17) is 10.5 Å². The van der Waals surface area contributed by atoms with Gasteiger partial charge in [0.15, 0.2) is 0 Å². The SMILES string of the molecule is Cc1ccc(C(CNC(=O)C2CCCCC2(C)N)N2CCOCC2)cc1. The van der Waals surface area contributed by atoms with Gasteiger partial charge in [-0.3, -0.25) is 9.69 Å². The van der Waals surface area contributed by atoms with E-state index in [-0.39, 0.29) is 23.4 Å². The summed E-state index contributed by atoms with van der Waals surface area (Å²) in [6.07, 6.45) is 4.04. The van der Waals surface area contributed by atoms with Crippen molar-refractivity contribution in [3.63, 3.8) is 0 Å². The molecule has 1 aromatic rings.